The van der Waals surface area contributed by atoms with Gasteiger partial charge >= 0.3 is 0 Å². The lowest BCUT2D eigenvalue weighted by atomic mass is 9.89. The molecule has 0 bridgehead atoms. The standard InChI is InChI=1S/C14H23ClN4O.HI/c1-14(9-20-10-14)8-17-13(16-2)19(4)7-12-5-11(15)6-18(12)3;/h5-6H,7-10H2,1-4H3,(H,16,17);1H. The van der Waals surface area contributed by atoms with E-state index in [0.717, 1.165) is 43.0 Å². The predicted octanol–water partition coefficient (Wildman–Crippen LogP) is 2.34. The Labute approximate surface area is 148 Å². The molecule has 1 aromatic heterocycles. The first-order valence-electron chi connectivity index (χ1n) is 6.74. The molecule has 2 rings (SSSR count). The van der Waals surface area contributed by atoms with E-state index in [1.54, 1.807) is 7.05 Å². The molecular formula is C14H24ClIN4O. The molecule has 0 amide bonds. The molecule has 1 saturated heterocycles. The summed E-state index contributed by atoms with van der Waals surface area (Å²) in [5.74, 6) is 0.885. The van der Waals surface area contributed by atoms with Crippen LogP contribution in [0.1, 0.15) is 12.6 Å². The maximum Gasteiger partial charge on any atom is 0.193 e. The van der Waals surface area contributed by atoms with E-state index in [0.29, 0.717) is 0 Å². The molecule has 1 aliphatic heterocycles. The molecule has 0 aliphatic carbocycles. The normalized spacial score (nSPS) is 16.9. The fourth-order valence-corrected chi connectivity index (χ4v) is 2.54. The van der Waals surface area contributed by atoms with Crippen LogP contribution in [0.15, 0.2) is 17.3 Å². The summed E-state index contributed by atoms with van der Waals surface area (Å²) in [7, 11) is 5.82. The summed E-state index contributed by atoms with van der Waals surface area (Å²) in [6.45, 7) is 5.48. The molecule has 21 heavy (non-hydrogen) atoms. The number of halogens is 2. The highest BCUT2D eigenvalue weighted by Gasteiger charge is 2.33. The Morgan fingerprint density at radius 2 is 2.24 bits per heavy atom. The molecule has 0 aromatic carbocycles. The highest BCUT2D eigenvalue weighted by Crippen LogP contribution is 2.25. The number of aromatic nitrogens is 1. The Morgan fingerprint density at radius 1 is 1.57 bits per heavy atom. The van der Waals surface area contributed by atoms with Crippen LogP contribution in [-0.4, -0.2) is 49.3 Å². The van der Waals surface area contributed by atoms with E-state index >= 15 is 0 Å². The van der Waals surface area contributed by atoms with Crippen molar-refractivity contribution in [1.29, 1.82) is 0 Å². The highest BCUT2D eigenvalue weighted by molar-refractivity contribution is 14.0. The zero-order chi connectivity index (χ0) is 14.8. The van der Waals surface area contributed by atoms with Crippen LogP contribution in [0.2, 0.25) is 5.02 Å². The summed E-state index contributed by atoms with van der Waals surface area (Å²) >= 11 is 6.01. The fourth-order valence-electron chi connectivity index (χ4n) is 2.27. The summed E-state index contributed by atoms with van der Waals surface area (Å²) in [4.78, 5) is 6.42. The van der Waals surface area contributed by atoms with Crippen molar-refractivity contribution in [3.05, 3.63) is 23.0 Å². The Bertz CT molecular complexity index is 499. The van der Waals surface area contributed by atoms with E-state index in [1.165, 1.54) is 0 Å². The molecule has 0 atom stereocenters. The molecule has 2 heterocycles. The second-order valence-electron chi connectivity index (χ2n) is 5.82. The molecule has 1 fully saturated rings. The smallest absolute Gasteiger partial charge is 0.193 e. The van der Waals surface area contributed by atoms with Gasteiger partial charge in [-0.1, -0.05) is 18.5 Å². The van der Waals surface area contributed by atoms with E-state index in [2.05, 4.69) is 22.1 Å². The van der Waals surface area contributed by atoms with Crippen LogP contribution < -0.4 is 5.32 Å². The molecule has 1 N–H and O–H groups in total. The molecule has 1 aliphatic rings. The van der Waals surface area contributed by atoms with Crippen molar-refractivity contribution < 1.29 is 4.74 Å². The summed E-state index contributed by atoms with van der Waals surface area (Å²) in [5, 5.41) is 4.17. The van der Waals surface area contributed by atoms with Gasteiger partial charge in [-0.05, 0) is 6.07 Å². The molecule has 0 spiro atoms. The monoisotopic (exact) mass is 426 g/mol. The number of hydrogen-bond acceptors (Lipinski definition) is 2. The number of aryl methyl sites for hydroxylation is 1. The van der Waals surface area contributed by atoms with Gasteiger partial charge in [0, 0.05) is 45.0 Å². The number of ether oxygens (including phenoxy) is 1. The summed E-state index contributed by atoms with van der Waals surface area (Å²) in [6, 6.07) is 1.98. The molecule has 5 nitrogen and oxygen atoms in total. The zero-order valence-electron chi connectivity index (χ0n) is 13.0. The van der Waals surface area contributed by atoms with Gasteiger partial charge < -0.3 is 19.5 Å². The van der Waals surface area contributed by atoms with Gasteiger partial charge in [-0.15, -0.1) is 24.0 Å². The summed E-state index contributed by atoms with van der Waals surface area (Å²) in [6.07, 6.45) is 1.91. The topological polar surface area (TPSA) is 41.8 Å². The molecule has 7 heteroatoms. The SMILES string of the molecule is CN=C(NCC1(C)COC1)N(C)Cc1cc(Cl)cn1C.I. The van der Waals surface area contributed by atoms with Crippen molar-refractivity contribution in [3.8, 4) is 0 Å². The van der Waals surface area contributed by atoms with Crippen LogP contribution in [0, 0.1) is 5.41 Å². The van der Waals surface area contributed by atoms with Crippen molar-refractivity contribution in [2.45, 2.75) is 13.5 Å². The van der Waals surface area contributed by atoms with Gasteiger partial charge in [0.05, 0.1) is 24.8 Å². The van der Waals surface area contributed by atoms with Crippen LogP contribution in [0.25, 0.3) is 0 Å². The van der Waals surface area contributed by atoms with Gasteiger partial charge in [0.25, 0.3) is 0 Å². The first-order chi connectivity index (χ1) is 9.43. The molecule has 0 radical (unpaired) electrons. The predicted molar refractivity (Wildman–Crippen MR) is 97.6 cm³/mol. The van der Waals surface area contributed by atoms with Gasteiger partial charge in [-0.25, -0.2) is 0 Å². The van der Waals surface area contributed by atoms with Crippen LogP contribution in [0.3, 0.4) is 0 Å². The van der Waals surface area contributed by atoms with Crippen LogP contribution in [0.5, 0.6) is 0 Å². The second-order valence-corrected chi connectivity index (χ2v) is 6.26. The minimum atomic E-state index is 0. The quantitative estimate of drug-likeness (QED) is 0.456. The van der Waals surface area contributed by atoms with E-state index in [9.17, 15) is 0 Å². The Hall–Kier alpha value is -0.470. The fraction of sp³-hybridized carbons (Fsp3) is 0.643. The number of guanidine groups is 1. The van der Waals surface area contributed by atoms with E-state index in [4.69, 9.17) is 16.3 Å². The number of hydrogen-bond donors (Lipinski definition) is 1. The molecule has 0 unspecified atom stereocenters. The third kappa shape index (κ3) is 4.75. The molecule has 0 saturated carbocycles. The van der Waals surface area contributed by atoms with Gasteiger partial charge in [0.15, 0.2) is 5.96 Å². The summed E-state index contributed by atoms with van der Waals surface area (Å²) in [5.41, 5.74) is 1.38. The zero-order valence-corrected chi connectivity index (χ0v) is 16.1. The van der Waals surface area contributed by atoms with E-state index < -0.39 is 0 Å². The van der Waals surface area contributed by atoms with Crippen LogP contribution in [-0.2, 0) is 18.3 Å². The van der Waals surface area contributed by atoms with Crippen molar-refractivity contribution in [2.75, 3.05) is 33.9 Å². The lowest BCUT2D eigenvalue weighted by molar-refractivity contribution is -0.0972. The lowest BCUT2D eigenvalue weighted by Crippen LogP contribution is -2.51. The van der Waals surface area contributed by atoms with Gasteiger partial charge in [0.1, 0.15) is 0 Å². The average molecular weight is 427 g/mol. The molecular weight excluding hydrogens is 403 g/mol. The van der Waals surface area contributed by atoms with E-state index in [-0.39, 0.29) is 29.4 Å². The maximum atomic E-state index is 6.01. The van der Waals surface area contributed by atoms with Crippen molar-refractivity contribution in [3.63, 3.8) is 0 Å². The largest absolute Gasteiger partial charge is 0.380 e. The number of aliphatic imine (C=N–C) groups is 1. The van der Waals surface area contributed by atoms with Crippen molar-refractivity contribution in [1.82, 2.24) is 14.8 Å². The summed E-state index contributed by atoms with van der Waals surface area (Å²) < 4.78 is 7.30. The lowest BCUT2D eigenvalue weighted by Gasteiger charge is -2.39. The highest BCUT2D eigenvalue weighted by atomic mass is 127. The first-order valence-corrected chi connectivity index (χ1v) is 7.11. The van der Waals surface area contributed by atoms with Crippen molar-refractivity contribution >= 4 is 41.5 Å². The number of nitrogens with zero attached hydrogens (tertiary/aromatic N) is 3. The maximum absolute atomic E-state index is 6.01. The molecule has 120 valence electrons. The average Bonchev–Trinajstić information content (AvgIpc) is 2.66. The Balaban J connectivity index is 0.00000220. The van der Waals surface area contributed by atoms with E-state index in [1.807, 2.05) is 30.9 Å². The Kier molecular flexibility index (Phi) is 6.80. The van der Waals surface area contributed by atoms with Gasteiger partial charge in [-0.2, -0.15) is 0 Å². The van der Waals surface area contributed by atoms with Crippen molar-refractivity contribution in [2.24, 2.45) is 17.5 Å². The second kappa shape index (κ2) is 7.69. The van der Waals surface area contributed by atoms with Crippen LogP contribution >= 0.6 is 35.6 Å². The Morgan fingerprint density at radius 3 is 2.67 bits per heavy atom. The van der Waals surface area contributed by atoms with Crippen LogP contribution in [0.4, 0.5) is 0 Å². The van der Waals surface area contributed by atoms with Gasteiger partial charge in [-0.3, -0.25) is 4.99 Å². The third-order valence-electron chi connectivity index (χ3n) is 3.62. The first kappa shape index (κ1) is 18.6. The third-order valence-corrected chi connectivity index (χ3v) is 3.83. The number of rotatable bonds is 4. The minimum Gasteiger partial charge on any atom is -0.380 e. The van der Waals surface area contributed by atoms with Gasteiger partial charge in [0.2, 0.25) is 0 Å². The minimum absolute atomic E-state index is 0. The number of nitrogens with one attached hydrogen (secondary N) is 1. The molecule has 1 aromatic rings.